The van der Waals surface area contributed by atoms with E-state index in [4.69, 9.17) is 0 Å². The minimum absolute atomic E-state index is 0.0545. The van der Waals surface area contributed by atoms with Crippen molar-refractivity contribution in [2.24, 2.45) is 0 Å². The molecule has 1 amide bonds. The number of alkyl halides is 3. The molecule has 2 atom stereocenters. The number of carboxylic acid groups (broad SMARTS) is 1. The largest absolute Gasteiger partial charge is 0.465 e. The van der Waals surface area contributed by atoms with E-state index in [9.17, 15) is 32.6 Å². The van der Waals surface area contributed by atoms with Crippen LogP contribution in [0.15, 0.2) is 48.5 Å². The average Bonchev–Trinajstić information content (AvgIpc) is 2.67. The number of nitrogens with one attached hydrogen (secondary N) is 1. The van der Waals surface area contributed by atoms with E-state index in [0.717, 1.165) is 17.7 Å². The summed E-state index contributed by atoms with van der Waals surface area (Å²) in [6.07, 6.45) is -6.89. The second-order valence-corrected chi connectivity index (χ2v) is 8.59. The predicted molar refractivity (Wildman–Crippen MR) is 113 cm³/mol. The van der Waals surface area contributed by atoms with E-state index < -0.39 is 41.3 Å². The zero-order valence-electron chi connectivity index (χ0n) is 18.2. The predicted octanol–water partition coefficient (Wildman–Crippen LogP) is 4.68. The first-order valence-corrected chi connectivity index (χ1v) is 10.1. The second-order valence-electron chi connectivity index (χ2n) is 8.59. The molecule has 3 N–H and O–H groups in total. The maximum atomic E-state index is 13.5. The summed E-state index contributed by atoms with van der Waals surface area (Å²) in [6, 6.07) is 11.0. The standard InChI is InChI=1S/C23H28F4N2O3/c1-22(2,3)29(21(31)32)19(12-15-7-5-4-6-8-15)20(30)14-28-13-16-9-10-18(24)17(11-16)23(25,26)27/h4-11,19-20,28,30H,12-14H2,1-3H3,(H,31,32)/t19-,20-/m0/s1. The summed E-state index contributed by atoms with van der Waals surface area (Å²) in [6.45, 7) is 5.03. The molecule has 0 fully saturated rings. The molecule has 5 nitrogen and oxygen atoms in total. The first-order valence-electron chi connectivity index (χ1n) is 10.1. The molecule has 0 aliphatic rings. The molecular formula is C23H28F4N2O3. The number of aliphatic hydroxyl groups is 1. The number of hydrogen-bond acceptors (Lipinski definition) is 3. The number of carbonyl (C=O) groups is 1. The highest BCUT2D eigenvalue weighted by molar-refractivity contribution is 5.66. The van der Waals surface area contributed by atoms with E-state index in [0.29, 0.717) is 0 Å². The molecule has 0 radical (unpaired) electrons. The van der Waals surface area contributed by atoms with Crippen molar-refractivity contribution in [3.05, 3.63) is 71.0 Å². The van der Waals surface area contributed by atoms with Crippen LogP contribution in [0.4, 0.5) is 22.4 Å². The molecule has 0 saturated carbocycles. The summed E-state index contributed by atoms with van der Waals surface area (Å²) in [5.74, 6) is -1.36. The number of benzene rings is 2. The van der Waals surface area contributed by atoms with Crippen LogP contribution in [0.5, 0.6) is 0 Å². The maximum Gasteiger partial charge on any atom is 0.419 e. The monoisotopic (exact) mass is 456 g/mol. The van der Waals surface area contributed by atoms with Gasteiger partial charge in [0.25, 0.3) is 0 Å². The molecule has 0 aromatic heterocycles. The Kier molecular flexibility index (Phi) is 8.25. The molecule has 176 valence electrons. The summed E-state index contributed by atoms with van der Waals surface area (Å²) < 4.78 is 52.2. The van der Waals surface area contributed by atoms with Crippen LogP contribution in [0.1, 0.15) is 37.5 Å². The molecule has 0 aliphatic carbocycles. The Morgan fingerprint density at radius 1 is 1.06 bits per heavy atom. The minimum Gasteiger partial charge on any atom is -0.465 e. The van der Waals surface area contributed by atoms with Gasteiger partial charge in [0, 0.05) is 18.6 Å². The third-order valence-electron chi connectivity index (χ3n) is 5.01. The lowest BCUT2D eigenvalue weighted by atomic mass is 9.94. The van der Waals surface area contributed by atoms with Crippen LogP contribution in [-0.4, -0.2) is 45.4 Å². The lowest BCUT2D eigenvalue weighted by Gasteiger charge is -2.42. The quantitative estimate of drug-likeness (QED) is 0.504. The van der Waals surface area contributed by atoms with E-state index in [-0.39, 0.29) is 25.1 Å². The highest BCUT2D eigenvalue weighted by Crippen LogP contribution is 2.32. The highest BCUT2D eigenvalue weighted by Gasteiger charge is 2.37. The van der Waals surface area contributed by atoms with Gasteiger partial charge in [0.1, 0.15) is 5.82 Å². The van der Waals surface area contributed by atoms with Gasteiger partial charge in [0.05, 0.1) is 17.7 Å². The lowest BCUT2D eigenvalue weighted by Crippen LogP contribution is -2.58. The van der Waals surface area contributed by atoms with E-state index >= 15 is 0 Å². The Bertz CT molecular complexity index is 898. The van der Waals surface area contributed by atoms with Crippen LogP contribution in [0, 0.1) is 5.82 Å². The van der Waals surface area contributed by atoms with Gasteiger partial charge in [-0.3, -0.25) is 4.90 Å². The SMILES string of the molecule is CC(C)(C)N(C(=O)O)[C@@H](Cc1ccccc1)[C@@H](O)CNCc1ccc(F)c(C(F)(F)F)c1. The molecule has 9 heteroatoms. The number of aliphatic hydroxyl groups excluding tert-OH is 1. The normalized spacial score (nSPS) is 14.1. The van der Waals surface area contributed by atoms with Crippen molar-refractivity contribution in [2.45, 2.75) is 57.6 Å². The zero-order valence-corrected chi connectivity index (χ0v) is 18.2. The number of amides is 1. The molecule has 32 heavy (non-hydrogen) atoms. The number of halogens is 4. The van der Waals surface area contributed by atoms with Gasteiger partial charge in [-0.1, -0.05) is 36.4 Å². The third-order valence-corrected chi connectivity index (χ3v) is 5.01. The lowest BCUT2D eigenvalue weighted by molar-refractivity contribution is -0.140. The fourth-order valence-corrected chi connectivity index (χ4v) is 3.58. The van der Waals surface area contributed by atoms with Crippen molar-refractivity contribution >= 4 is 6.09 Å². The fraction of sp³-hybridized carbons (Fsp3) is 0.435. The van der Waals surface area contributed by atoms with Gasteiger partial charge in [0.2, 0.25) is 0 Å². The van der Waals surface area contributed by atoms with Crippen molar-refractivity contribution in [2.75, 3.05) is 6.54 Å². The van der Waals surface area contributed by atoms with Crippen molar-refractivity contribution in [1.29, 1.82) is 0 Å². The van der Waals surface area contributed by atoms with Gasteiger partial charge in [0.15, 0.2) is 0 Å². The van der Waals surface area contributed by atoms with Crippen molar-refractivity contribution < 1.29 is 32.6 Å². The molecule has 0 aliphatic heterocycles. The molecule has 0 saturated heterocycles. The van der Waals surface area contributed by atoms with E-state index in [2.05, 4.69) is 5.32 Å². The summed E-state index contributed by atoms with van der Waals surface area (Å²) in [7, 11) is 0. The zero-order chi connectivity index (χ0) is 24.1. The van der Waals surface area contributed by atoms with E-state index in [1.807, 2.05) is 30.3 Å². The number of hydrogen-bond donors (Lipinski definition) is 3. The Hall–Kier alpha value is -2.65. The number of nitrogens with zero attached hydrogens (tertiary/aromatic N) is 1. The first-order chi connectivity index (χ1) is 14.8. The average molecular weight is 456 g/mol. The molecule has 0 spiro atoms. The van der Waals surface area contributed by atoms with Gasteiger partial charge >= 0.3 is 12.3 Å². The fourth-order valence-electron chi connectivity index (χ4n) is 3.58. The van der Waals surface area contributed by atoms with Crippen LogP contribution < -0.4 is 5.32 Å². The van der Waals surface area contributed by atoms with Gasteiger partial charge < -0.3 is 15.5 Å². The van der Waals surface area contributed by atoms with Crippen LogP contribution in [-0.2, 0) is 19.1 Å². The Morgan fingerprint density at radius 3 is 2.22 bits per heavy atom. The second kappa shape index (κ2) is 10.3. The van der Waals surface area contributed by atoms with Crippen molar-refractivity contribution in [3.63, 3.8) is 0 Å². The maximum absolute atomic E-state index is 13.5. The molecule has 0 unspecified atom stereocenters. The van der Waals surface area contributed by atoms with Gasteiger partial charge in [-0.15, -0.1) is 0 Å². The van der Waals surface area contributed by atoms with Crippen LogP contribution >= 0.6 is 0 Å². The third kappa shape index (κ3) is 6.93. The Balaban J connectivity index is 2.16. The van der Waals surface area contributed by atoms with Crippen LogP contribution in [0.25, 0.3) is 0 Å². The molecule has 0 bridgehead atoms. The van der Waals surface area contributed by atoms with E-state index in [1.165, 1.54) is 11.0 Å². The van der Waals surface area contributed by atoms with Crippen LogP contribution in [0.3, 0.4) is 0 Å². The number of rotatable bonds is 8. The Labute approximate surface area is 184 Å². The first kappa shape index (κ1) is 25.6. The minimum atomic E-state index is -4.81. The highest BCUT2D eigenvalue weighted by atomic mass is 19.4. The van der Waals surface area contributed by atoms with Crippen molar-refractivity contribution in [3.8, 4) is 0 Å². The topological polar surface area (TPSA) is 72.8 Å². The molecule has 2 rings (SSSR count). The van der Waals surface area contributed by atoms with Gasteiger partial charge in [-0.2, -0.15) is 13.2 Å². The molecule has 2 aromatic rings. The molecule has 0 heterocycles. The van der Waals surface area contributed by atoms with Crippen LogP contribution in [0.2, 0.25) is 0 Å². The summed E-state index contributed by atoms with van der Waals surface area (Å²) in [5, 5.41) is 23.5. The Morgan fingerprint density at radius 2 is 1.69 bits per heavy atom. The summed E-state index contributed by atoms with van der Waals surface area (Å²) >= 11 is 0. The summed E-state index contributed by atoms with van der Waals surface area (Å²) in [4.78, 5) is 13.2. The van der Waals surface area contributed by atoms with Gasteiger partial charge in [-0.05, 0) is 50.5 Å². The smallest absolute Gasteiger partial charge is 0.419 e. The van der Waals surface area contributed by atoms with Gasteiger partial charge in [-0.25, -0.2) is 9.18 Å². The molecular weight excluding hydrogens is 428 g/mol. The molecule has 2 aromatic carbocycles. The van der Waals surface area contributed by atoms with Crippen molar-refractivity contribution in [1.82, 2.24) is 10.2 Å². The summed E-state index contributed by atoms with van der Waals surface area (Å²) in [5.41, 5.74) is -1.13. The van der Waals surface area contributed by atoms with E-state index in [1.54, 1.807) is 20.8 Å².